The smallest absolute Gasteiger partial charge is 0.126 e. The van der Waals surface area contributed by atoms with Crippen molar-refractivity contribution in [2.24, 2.45) is 0 Å². The van der Waals surface area contributed by atoms with Crippen molar-refractivity contribution in [3.63, 3.8) is 0 Å². The summed E-state index contributed by atoms with van der Waals surface area (Å²) in [6.45, 7) is 4.73. The number of benzene rings is 2. The normalized spacial score (nSPS) is 12.9. The third-order valence-corrected chi connectivity index (χ3v) is 5.28. The van der Waals surface area contributed by atoms with Crippen LogP contribution in [0, 0.1) is 19.7 Å². The molecule has 1 N–H and O–H groups in total. The molecule has 0 spiro atoms. The lowest BCUT2D eigenvalue weighted by molar-refractivity contribution is 0.625. The van der Waals surface area contributed by atoms with Crippen molar-refractivity contribution in [3.05, 3.63) is 82.3 Å². The minimum atomic E-state index is -0.206. The van der Waals surface area contributed by atoms with E-state index >= 15 is 0 Å². The van der Waals surface area contributed by atoms with Gasteiger partial charge < -0.3 is 5.32 Å². The zero-order valence-electron chi connectivity index (χ0n) is 15.3. The average Bonchev–Trinajstić information content (AvgIpc) is 3.09. The van der Waals surface area contributed by atoms with Crippen molar-refractivity contribution in [2.45, 2.75) is 39.7 Å². The van der Waals surface area contributed by atoms with E-state index in [-0.39, 0.29) is 5.82 Å². The molecule has 0 radical (unpaired) electrons. The molecule has 3 aromatic rings. The molecule has 132 valence electrons. The summed E-state index contributed by atoms with van der Waals surface area (Å²) >= 11 is 0. The van der Waals surface area contributed by atoms with E-state index in [0.29, 0.717) is 6.54 Å². The van der Waals surface area contributed by atoms with E-state index in [1.54, 1.807) is 12.1 Å². The summed E-state index contributed by atoms with van der Waals surface area (Å²) in [6.07, 6.45) is 5.57. The molecule has 0 unspecified atom stereocenters. The monoisotopic (exact) mass is 346 g/mol. The van der Waals surface area contributed by atoms with Crippen LogP contribution < -0.4 is 5.32 Å². The summed E-state index contributed by atoms with van der Waals surface area (Å²) < 4.78 is 13.4. The highest BCUT2D eigenvalue weighted by atomic mass is 19.1. The molecule has 0 atom stereocenters. The third kappa shape index (κ3) is 3.34. The van der Waals surface area contributed by atoms with Crippen LogP contribution in [0.2, 0.25) is 0 Å². The van der Waals surface area contributed by atoms with E-state index in [1.165, 1.54) is 47.6 Å². The molecule has 1 heterocycles. The zero-order valence-corrected chi connectivity index (χ0v) is 15.3. The first-order valence-electron chi connectivity index (χ1n) is 9.18. The molecule has 1 aromatic heterocycles. The molecule has 4 rings (SSSR count). The minimum absolute atomic E-state index is 0.206. The van der Waals surface area contributed by atoms with Crippen molar-refractivity contribution >= 4 is 5.82 Å². The number of anilines is 1. The van der Waals surface area contributed by atoms with Crippen LogP contribution in [0.1, 0.15) is 34.2 Å². The second-order valence-electron chi connectivity index (χ2n) is 7.15. The number of nitrogens with one attached hydrogen (secondary N) is 1. The van der Waals surface area contributed by atoms with Gasteiger partial charge >= 0.3 is 0 Å². The Morgan fingerprint density at radius 2 is 1.77 bits per heavy atom. The van der Waals surface area contributed by atoms with E-state index in [4.69, 9.17) is 0 Å². The molecule has 0 amide bonds. The first-order chi connectivity index (χ1) is 12.6. The minimum Gasteiger partial charge on any atom is -0.366 e. The van der Waals surface area contributed by atoms with Crippen molar-refractivity contribution in [1.29, 1.82) is 0 Å². The molecular formula is C23H23FN2. The third-order valence-electron chi connectivity index (χ3n) is 5.28. The van der Waals surface area contributed by atoms with Gasteiger partial charge in [-0.2, -0.15) is 0 Å². The van der Waals surface area contributed by atoms with E-state index < -0.39 is 0 Å². The van der Waals surface area contributed by atoms with Gasteiger partial charge in [0.2, 0.25) is 0 Å². The van der Waals surface area contributed by atoms with Crippen LogP contribution in [0.25, 0.3) is 11.1 Å². The van der Waals surface area contributed by atoms with E-state index in [0.717, 1.165) is 22.5 Å². The maximum absolute atomic E-state index is 13.4. The highest BCUT2D eigenvalue weighted by Crippen LogP contribution is 2.31. The molecule has 0 saturated carbocycles. The largest absolute Gasteiger partial charge is 0.366 e. The van der Waals surface area contributed by atoms with Gasteiger partial charge in [0.1, 0.15) is 11.6 Å². The lowest BCUT2D eigenvalue weighted by Gasteiger charge is -2.12. The molecule has 0 bridgehead atoms. The summed E-state index contributed by atoms with van der Waals surface area (Å²) in [4.78, 5) is 4.55. The van der Waals surface area contributed by atoms with Crippen LogP contribution in [0.15, 0.2) is 48.7 Å². The van der Waals surface area contributed by atoms with Crippen LogP contribution in [-0.4, -0.2) is 4.98 Å². The SMILES string of the molecule is Cc1ccc(F)cc1CNc1ccc(-c2cc3c(cc2C)CCC3)cn1. The lowest BCUT2D eigenvalue weighted by atomic mass is 9.96. The van der Waals surface area contributed by atoms with E-state index in [1.807, 2.05) is 19.2 Å². The van der Waals surface area contributed by atoms with Gasteiger partial charge in [-0.15, -0.1) is 0 Å². The first kappa shape index (κ1) is 16.8. The summed E-state index contributed by atoms with van der Waals surface area (Å²) in [5, 5.41) is 3.29. The van der Waals surface area contributed by atoms with E-state index in [2.05, 4.69) is 35.4 Å². The summed E-state index contributed by atoms with van der Waals surface area (Å²) in [5.74, 6) is 0.596. The Morgan fingerprint density at radius 1 is 0.962 bits per heavy atom. The summed E-state index contributed by atoms with van der Waals surface area (Å²) in [7, 11) is 0. The molecule has 2 aromatic carbocycles. The van der Waals surface area contributed by atoms with Crippen LogP contribution in [0.4, 0.5) is 10.2 Å². The average molecular weight is 346 g/mol. The number of halogens is 1. The molecule has 2 nitrogen and oxygen atoms in total. The Hall–Kier alpha value is -2.68. The fourth-order valence-electron chi connectivity index (χ4n) is 3.73. The standard InChI is InChI=1S/C23H23FN2/c1-15-6-8-21(24)11-20(15)14-26-23-9-7-19(13-25-23)22-12-18-5-3-4-17(18)10-16(22)2/h6-13H,3-5,14H2,1-2H3,(H,25,26). The van der Waals surface area contributed by atoms with Crippen molar-refractivity contribution in [3.8, 4) is 11.1 Å². The Bertz CT molecular complexity index is 945. The number of rotatable bonds is 4. The number of hydrogen-bond donors (Lipinski definition) is 1. The maximum Gasteiger partial charge on any atom is 0.126 e. The zero-order chi connectivity index (χ0) is 18.1. The molecule has 0 aliphatic heterocycles. The second-order valence-corrected chi connectivity index (χ2v) is 7.15. The molecule has 1 aliphatic carbocycles. The van der Waals surface area contributed by atoms with Gasteiger partial charge in [0.25, 0.3) is 0 Å². The number of aromatic nitrogens is 1. The summed E-state index contributed by atoms with van der Waals surface area (Å²) in [6, 6.07) is 13.6. The lowest BCUT2D eigenvalue weighted by Crippen LogP contribution is -2.03. The maximum atomic E-state index is 13.4. The Labute approximate surface area is 154 Å². The van der Waals surface area contributed by atoms with Gasteiger partial charge in [-0.3, -0.25) is 0 Å². The first-order valence-corrected chi connectivity index (χ1v) is 9.18. The number of aryl methyl sites for hydroxylation is 4. The molecular weight excluding hydrogens is 323 g/mol. The van der Waals surface area contributed by atoms with Gasteiger partial charge in [0.05, 0.1) is 0 Å². The Morgan fingerprint density at radius 3 is 2.54 bits per heavy atom. The Kier molecular flexibility index (Phi) is 4.46. The van der Waals surface area contributed by atoms with Crippen molar-refractivity contribution in [2.75, 3.05) is 5.32 Å². The second kappa shape index (κ2) is 6.91. The number of hydrogen-bond acceptors (Lipinski definition) is 2. The predicted molar refractivity (Wildman–Crippen MR) is 105 cm³/mol. The van der Waals surface area contributed by atoms with Gasteiger partial charge in [-0.25, -0.2) is 9.37 Å². The predicted octanol–water partition coefficient (Wildman–Crippen LogP) is 5.61. The molecule has 0 saturated heterocycles. The highest BCUT2D eigenvalue weighted by molar-refractivity contribution is 5.69. The number of fused-ring (bicyclic) bond motifs is 1. The van der Waals surface area contributed by atoms with Crippen LogP contribution in [0.3, 0.4) is 0 Å². The molecule has 0 fully saturated rings. The van der Waals surface area contributed by atoms with Gasteiger partial charge in [0, 0.05) is 18.3 Å². The number of nitrogens with zero attached hydrogens (tertiary/aromatic N) is 1. The topological polar surface area (TPSA) is 24.9 Å². The fraction of sp³-hybridized carbons (Fsp3) is 0.261. The van der Waals surface area contributed by atoms with E-state index in [9.17, 15) is 4.39 Å². The van der Waals surface area contributed by atoms with Gasteiger partial charge in [-0.05, 0) is 90.8 Å². The van der Waals surface area contributed by atoms with Crippen LogP contribution in [0.5, 0.6) is 0 Å². The van der Waals surface area contributed by atoms with Crippen molar-refractivity contribution in [1.82, 2.24) is 4.98 Å². The van der Waals surface area contributed by atoms with Crippen molar-refractivity contribution < 1.29 is 4.39 Å². The quantitative estimate of drug-likeness (QED) is 0.664. The van der Waals surface area contributed by atoms with Crippen LogP contribution in [-0.2, 0) is 19.4 Å². The molecule has 3 heteroatoms. The molecule has 26 heavy (non-hydrogen) atoms. The van der Waals surface area contributed by atoms with Crippen LogP contribution >= 0.6 is 0 Å². The number of pyridine rings is 1. The molecule has 1 aliphatic rings. The Balaban J connectivity index is 1.51. The summed E-state index contributed by atoms with van der Waals surface area (Å²) in [5.41, 5.74) is 8.73. The fourth-order valence-corrected chi connectivity index (χ4v) is 3.73. The van der Waals surface area contributed by atoms with Gasteiger partial charge in [-0.1, -0.05) is 18.2 Å². The van der Waals surface area contributed by atoms with Gasteiger partial charge in [0.15, 0.2) is 0 Å². The highest BCUT2D eigenvalue weighted by Gasteiger charge is 2.14.